The second-order valence-corrected chi connectivity index (χ2v) is 4.42. The van der Waals surface area contributed by atoms with Gasteiger partial charge in [0, 0.05) is 6.04 Å². The summed E-state index contributed by atoms with van der Waals surface area (Å²) in [7, 11) is 0. The number of carbonyl (C=O) groups excluding carboxylic acids is 1. The van der Waals surface area contributed by atoms with Gasteiger partial charge in [-0.25, -0.2) is 4.79 Å². The van der Waals surface area contributed by atoms with E-state index in [-0.39, 0.29) is 12.6 Å². The van der Waals surface area contributed by atoms with Crippen molar-refractivity contribution in [2.24, 2.45) is 5.92 Å². The van der Waals surface area contributed by atoms with Crippen molar-refractivity contribution in [1.29, 1.82) is 0 Å². The maximum atomic E-state index is 13.2. The number of hydrogen-bond donors (Lipinski definition) is 1. The van der Waals surface area contributed by atoms with Crippen molar-refractivity contribution in [3.63, 3.8) is 0 Å². The predicted octanol–water partition coefficient (Wildman–Crippen LogP) is 1.96. The molecule has 5 heteroatoms. The summed E-state index contributed by atoms with van der Waals surface area (Å²) in [5.41, 5.74) is 0. The number of hydrogen-bond acceptors (Lipinski definition) is 3. The molecule has 0 aromatic heterocycles. The van der Waals surface area contributed by atoms with Gasteiger partial charge in [-0.05, 0) is 32.1 Å². The maximum absolute atomic E-state index is 13.2. The summed E-state index contributed by atoms with van der Waals surface area (Å²) < 4.78 is 30.7. The zero-order chi connectivity index (χ0) is 12.2. The van der Waals surface area contributed by atoms with E-state index in [1.54, 1.807) is 0 Å². The van der Waals surface area contributed by atoms with Gasteiger partial charge in [-0.2, -0.15) is 8.78 Å². The normalized spacial score (nSPS) is 25.8. The van der Waals surface area contributed by atoms with Gasteiger partial charge in [0.15, 0.2) is 0 Å². The first kappa shape index (κ1) is 13.4. The summed E-state index contributed by atoms with van der Waals surface area (Å²) in [5, 5.41) is 2.74. The fourth-order valence-corrected chi connectivity index (χ4v) is 1.97. The van der Waals surface area contributed by atoms with Crippen LogP contribution in [-0.4, -0.2) is 31.1 Å². The molecule has 0 spiro atoms. The number of carbonyl (C=O) groups is 1. The average Bonchev–Trinajstić information content (AvgIpc) is 2.62. The monoisotopic (exact) mass is 235 g/mol. The van der Waals surface area contributed by atoms with Gasteiger partial charge in [0.05, 0.1) is 13.2 Å². The Balaban J connectivity index is 2.32. The lowest BCUT2D eigenvalue weighted by molar-refractivity contribution is -0.170. The summed E-state index contributed by atoms with van der Waals surface area (Å²) >= 11 is 0. The summed E-state index contributed by atoms with van der Waals surface area (Å²) in [6.45, 7) is 2.98. The lowest BCUT2D eigenvalue weighted by atomic mass is 10.1. The van der Waals surface area contributed by atoms with E-state index < -0.39 is 18.4 Å². The van der Waals surface area contributed by atoms with Crippen molar-refractivity contribution < 1.29 is 18.3 Å². The SMILES string of the molecule is CCOC(=O)C(F)(F)CNC1CC[C@@H](C)C1. The highest BCUT2D eigenvalue weighted by Crippen LogP contribution is 2.25. The first-order valence-corrected chi connectivity index (χ1v) is 5.74. The lowest BCUT2D eigenvalue weighted by Gasteiger charge is -2.18. The molecule has 1 saturated carbocycles. The molecule has 1 rings (SSSR count). The second kappa shape index (κ2) is 5.57. The molecular formula is C11H19F2NO2. The standard InChI is InChI=1S/C11H19F2NO2/c1-3-16-10(15)11(12,13)7-14-9-5-4-8(2)6-9/h8-9,14H,3-7H2,1-2H3/t8-,9?/m1/s1. The van der Waals surface area contributed by atoms with Crippen LogP contribution in [0.25, 0.3) is 0 Å². The highest BCUT2D eigenvalue weighted by molar-refractivity contribution is 5.77. The molecule has 1 aliphatic carbocycles. The van der Waals surface area contributed by atoms with Gasteiger partial charge in [-0.1, -0.05) is 6.92 Å². The van der Waals surface area contributed by atoms with Crippen LogP contribution >= 0.6 is 0 Å². The minimum atomic E-state index is -3.41. The molecule has 0 bridgehead atoms. The van der Waals surface area contributed by atoms with Gasteiger partial charge in [0.25, 0.3) is 0 Å². The minimum absolute atomic E-state index is 0.0190. The second-order valence-electron chi connectivity index (χ2n) is 4.42. The molecule has 0 saturated heterocycles. The van der Waals surface area contributed by atoms with Gasteiger partial charge in [0.1, 0.15) is 0 Å². The van der Waals surface area contributed by atoms with Crippen LogP contribution in [0.1, 0.15) is 33.1 Å². The van der Waals surface area contributed by atoms with Crippen LogP contribution in [0.2, 0.25) is 0 Å². The van der Waals surface area contributed by atoms with Gasteiger partial charge >= 0.3 is 11.9 Å². The third kappa shape index (κ3) is 3.70. The third-order valence-corrected chi connectivity index (χ3v) is 2.88. The molecule has 0 heterocycles. The van der Waals surface area contributed by atoms with Crippen molar-refractivity contribution in [2.45, 2.75) is 45.1 Å². The van der Waals surface area contributed by atoms with E-state index in [4.69, 9.17) is 0 Å². The molecule has 1 N–H and O–H groups in total. The average molecular weight is 235 g/mol. The number of esters is 1. The van der Waals surface area contributed by atoms with Crippen LogP contribution in [0.3, 0.4) is 0 Å². The Morgan fingerprint density at radius 3 is 2.69 bits per heavy atom. The Bertz CT molecular complexity index is 246. The van der Waals surface area contributed by atoms with Crippen LogP contribution in [0.15, 0.2) is 0 Å². The summed E-state index contributed by atoms with van der Waals surface area (Å²) in [6.07, 6.45) is 2.86. The first-order chi connectivity index (χ1) is 7.45. The molecule has 16 heavy (non-hydrogen) atoms. The fraction of sp³-hybridized carbons (Fsp3) is 0.909. The van der Waals surface area contributed by atoms with Crippen LogP contribution in [0, 0.1) is 5.92 Å². The molecule has 2 atom stereocenters. The summed E-state index contributed by atoms with van der Waals surface area (Å²) in [5.74, 6) is -4.27. The van der Waals surface area contributed by atoms with E-state index in [0.29, 0.717) is 5.92 Å². The molecule has 94 valence electrons. The summed E-state index contributed by atoms with van der Waals surface area (Å²) in [6, 6.07) is 0.107. The van der Waals surface area contributed by atoms with E-state index in [0.717, 1.165) is 19.3 Å². The number of rotatable bonds is 5. The van der Waals surface area contributed by atoms with E-state index in [1.807, 2.05) is 0 Å². The third-order valence-electron chi connectivity index (χ3n) is 2.88. The summed E-state index contributed by atoms with van der Waals surface area (Å²) in [4.78, 5) is 10.9. The minimum Gasteiger partial charge on any atom is -0.462 e. The Morgan fingerprint density at radius 2 is 2.19 bits per heavy atom. The zero-order valence-electron chi connectivity index (χ0n) is 9.76. The fourth-order valence-electron chi connectivity index (χ4n) is 1.97. The molecule has 0 aliphatic heterocycles. The molecule has 0 radical (unpaired) electrons. The highest BCUT2D eigenvalue weighted by atomic mass is 19.3. The maximum Gasteiger partial charge on any atom is 0.378 e. The predicted molar refractivity (Wildman–Crippen MR) is 56.4 cm³/mol. The molecule has 0 amide bonds. The largest absolute Gasteiger partial charge is 0.462 e. The lowest BCUT2D eigenvalue weighted by Crippen LogP contribution is -2.44. The zero-order valence-corrected chi connectivity index (χ0v) is 9.76. The van der Waals surface area contributed by atoms with Crippen LogP contribution in [0.4, 0.5) is 8.78 Å². The number of alkyl halides is 2. The Morgan fingerprint density at radius 1 is 1.50 bits per heavy atom. The Hall–Kier alpha value is -0.710. The highest BCUT2D eigenvalue weighted by Gasteiger charge is 2.41. The van der Waals surface area contributed by atoms with Crippen molar-refractivity contribution in [2.75, 3.05) is 13.2 Å². The van der Waals surface area contributed by atoms with E-state index >= 15 is 0 Å². The molecule has 1 unspecified atom stereocenters. The molecule has 1 fully saturated rings. The number of halogens is 2. The van der Waals surface area contributed by atoms with Gasteiger partial charge < -0.3 is 10.1 Å². The quantitative estimate of drug-likeness (QED) is 0.740. The Kier molecular flexibility index (Phi) is 4.65. The molecule has 0 aromatic rings. The first-order valence-electron chi connectivity index (χ1n) is 5.74. The number of ether oxygens (including phenoxy) is 1. The van der Waals surface area contributed by atoms with Crippen molar-refractivity contribution in [3.05, 3.63) is 0 Å². The topological polar surface area (TPSA) is 38.3 Å². The van der Waals surface area contributed by atoms with Crippen molar-refractivity contribution >= 4 is 5.97 Å². The van der Waals surface area contributed by atoms with E-state index in [1.165, 1.54) is 6.92 Å². The van der Waals surface area contributed by atoms with Gasteiger partial charge in [-0.15, -0.1) is 0 Å². The molecular weight excluding hydrogens is 216 g/mol. The molecule has 3 nitrogen and oxygen atoms in total. The van der Waals surface area contributed by atoms with E-state index in [2.05, 4.69) is 17.0 Å². The van der Waals surface area contributed by atoms with E-state index in [9.17, 15) is 13.6 Å². The van der Waals surface area contributed by atoms with Crippen LogP contribution in [0.5, 0.6) is 0 Å². The smallest absolute Gasteiger partial charge is 0.378 e. The van der Waals surface area contributed by atoms with Crippen molar-refractivity contribution in [3.8, 4) is 0 Å². The van der Waals surface area contributed by atoms with Gasteiger partial charge in [0.2, 0.25) is 0 Å². The molecule has 1 aliphatic rings. The van der Waals surface area contributed by atoms with Crippen LogP contribution in [-0.2, 0) is 9.53 Å². The molecule has 0 aromatic carbocycles. The number of nitrogens with one attached hydrogen (secondary N) is 1. The Labute approximate surface area is 94.5 Å². The van der Waals surface area contributed by atoms with Crippen molar-refractivity contribution in [1.82, 2.24) is 5.32 Å². The van der Waals surface area contributed by atoms with Gasteiger partial charge in [-0.3, -0.25) is 0 Å². The van der Waals surface area contributed by atoms with Crippen LogP contribution < -0.4 is 5.32 Å².